The van der Waals surface area contributed by atoms with Crippen LogP contribution in [0.25, 0.3) is 0 Å². The van der Waals surface area contributed by atoms with Crippen LogP contribution in [0, 0.1) is 5.92 Å². The number of aromatic nitrogens is 3. The zero-order valence-corrected chi connectivity index (χ0v) is 9.27. The Labute approximate surface area is 88.8 Å². The Hall–Kier alpha value is -1.59. The van der Waals surface area contributed by atoms with E-state index < -0.39 is 0 Å². The van der Waals surface area contributed by atoms with E-state index in [0.29, 0.717) is 11.7 Å². The molecule has 0 aromatic carbocycles. The molecule has 0 radical (unpaired) electrons. The minimum absolute atomic E-state index is 0.105. The van der Waals surface area contributed by atoms with Crippen LogP contribution in [0.1, 0.15) is 20.8 Å². The summed E-state index contributed by atoms with van der Waals surface area (Å²) in [4.78, 5) is 12.8. The molecule has 0 bridgehead atoms. The molecule has 1 unspecified atom stereocenters. The van der Waals surface area contributed by atoms with Gasteiger partial charge in [-0.05, 0) is 12.8 Å². The number of nitrogens with zero attached hydrogens (tertiary/aromatic N) is 3. The van der Waals surface area contributed by atoms with E-state index >= 15 is 0 Å². The van der Waals surface area contributed by atoms with Crippen LogP contribution in [-0.4, -0.2) is 26.9 Å². The predicted molar refractivity (Wildman–Crippen MR) is 56.9 cm³/mol. The smallest absolute Gasteiger partial charge is 0.243 e. The maximum absolute atomic E-state index is 11.5. The highest BCUT2D eigenvalue weighted by molar-refractivity contribution is 5.75. The number of hydrogen-bond acceptors (Lipinski definition) is 4. The molecule has 84 valence electrons. The SMILES string of the molecule is CC(C)C(C)NC(=O)Cn1ncc(N)n1. The highest BCUT2D eigenvalue weighted by atomic mass is 16.2. The summed E-state index contributed by atoms with van der Waals surface area (Å²) in [5.74, 6) is 0.621. The zero-order chi connectivity index (χ0) is 11.4. The molecule has 6 nitrogen and oxygen atoms in total. The molecule has 0 saturated carbocycles. The van der Waals surface area contributed by atoms with Gasteiger partial charge in [-0.1, -0.05) is 13.8 Å². The van der Waals surface area contributed by atoms with Gasteiger partial charge in [0, 0.05) is 6.04 Å². The summed E-state index contributed by atoms with van der Waals surface area (Å²) in [7, 11) is 0. The van der Waals surface area contributed by atoms with Crippen molar-refractivity contribution in [3.63, 3.8) is 0 Å². The number of amides is 1. The molecule has 1 amide bonds. The van der Waals surface area contributed by atoms with E-state index in [-0.39, 0.29) is 18.5 Å². The first kappa shape index (κ1) is 11.5. The fraction of sp³-hybridized carbons (Fsp3) is 0.667. The molecule has 6 heteroatoms. The minimum Gasteiger partial charge on any atom is -0.381 e. The first-order valence-electron chi connectivity index (χ1n) is 4.94. The van der Waals surface area contributed by atoms with Crippen LogP contribution in [-0.2, 0) is 11.3 Å². The summed E-state index contributed by atoms with van der Waals surface area (Å²) in [5.41, 5.74) is 5.38. The zero-order valence-electron chi connectivity index (χ0n) is 9.27. The number of nitrogens with one attached hydrogen (secondary N) is 1. The van der Waals surface area contributed by atoms with Crippen molar-refractivity contribution >= 4 is 11.7 Å². The van der Waals surface area contributed by atoms with Gasteiger partial charge in [-0.15, -0.1) is 5.10 Å². The maximum Gasteiger partial charge on any atom is 0.243 e. The number of nitrogen functional groups attached to an aromatic ring is 1. The largest absolute Gasteiger partial charge is 0.381 e. The summed E-state index contributed by atoms with van der Waals surface area (Å²) < 4.78 is 0. The van der Waals surface area contributed by atoms with Crippen molar-refractivity contribution in [1.29, 1.82) is 0 Å². The first-order chi connectivity index (χ1) is 6.99. The normalized spacial score (nSPS) is 12.8. The number of carbonyl (C=O) groups excluding carboxylic acids is 1. The van der Waals surface area contributed by atoms with Gasteiger partial charge in [0.15, 0.2) is 5.82 Å². The third-order valence-electron chi connectivity index (χ3n) is 2.23. The lowest BCUT2D eigenvalue weighted by Crippen LogP contribution is -2.38. The fourth-order valence-corrected chi connectivity index (χ4v) is 0.982. The third-order valence-corrected chi connectivity index (χ3v) is 2.23. The lowest BCUT2D eigenvalue weighted by molar-refractivity contribution is -0.122. The highest BCUT2D eigenvalue weighted by Gasteiger charge is 2.11. The molecular weight excluding hydrogens is 194 g/mol. The first-order valence-corrected chi connectivity index (χ1v) is 4.94. The summed E-state index contributed by atoms with van der Waals surface area (Å²) in [5, 5.41) is 10.5. The second-order valence-corrected chi connectivity index (χ2v) is 3.90. The van der Waals surface area contributed by atoms with Crippen molar-refractivity contribution in [3.8, 4) is 0 Å². The Morgan fingerprint density at radius 1 is 1.60 bits per heavy atom. The monoisotopic (exact) mass is 211 g/mol. The molecule has 1 atom stereocenters. The van der Waals surface area contributed by atoms with Crippen LogP contribution in [0.4, 0.5) is 5.82 Å². The van der Waals surface area contributed by atoms with Crippen molar-refractivity contribution in [1.82, 2.24) is 20.3 Å². The molecular formula is C9H17N5O. The van der Waals surface area contributed by atoms with Gasteiger partial charge in [0.05, 0.1) is 6.20 Å². The van der Waals surface area contributed by atoms with Gasteiger partial charge in [0.1, 0.15) is 6.54 Å². The van der Waals surface area contributed by atoms with Crippen molar-refractivity contribution in [2.45, 2.75) is 33.4 Å². The molecule has 1 heterocycles. The van der Waals surface area contributed by atoms with Gasteiger partial charge in [0.2, 0.25) is 5.91 Å². The Morgan fingerprint density at radius 2 is 2.27 bits per heavy atom. The highest BCUT2D eigenvalue weighted by Crippen LogP contribution is 1.99. The molecule has 0 aliphatic heterocycles. The quantitative estimate of drug-likeness (QED) is 0.735. The molecule has 3 N–H and O–H groups in total. The van der Waals surface area contributed by atoms with E-state index in [1.54, 1.807) is 0 Å². The van der Waals surface area contributed by atoms with Crippen molar-refractivity contribution < 1.29 is 4.79 Å². The van der Waals surface area contributed by atoms with Crippen LogP contribution in [0.3, 0.4) is 0 Å². The minimum atomic E-state index is -0.105. The Morgan fingerprint density at radius 3 is 2.73 bits per heavy atom. The summed E-state index contributed by atoms with van der Waals surface area (Å²) in [6.45, 7) is 6.17. The molecule has 0 aliphatic rings. The van der Waals surface area contributed by atoms with E-state index in [4.69, 9.17) is 5.73 Å². The van der Waals surface area contributed by atoms with E-state index in [9.17, 15) is 4.79 Å². The second-order valence-electron chi connectivity index (χ2n) is 3.90. The summed E-state index contributed by atoms with van der Waals surface area (Å²) in [6, 6.07) is 0.144. The van der Waals surface area contributed by atoms with Crippen LogP contribution in [0.5, 0.6) is 0 Å². The number of anilines is 1. The second kappa shape index (κ2) is 4.77. The molecule has 1 aromatic heterocycles. The Bertz CT molecular complexity index is 333. The van der Waals surface area contributed by atoms with Gasteiger partial charge in [0.25, 0.3) is 0 Å². The maximum atomic E-state index is 11.5. The average Bonchev–Trinajstić information content (AvgIpc) is 2.50. The van der Waals surface area contributed by atoms with Crippen LogP contribution < -0.4 is 11.1 Å². The molecule has 0 saturated heterocycles. The average molecular weight is 211 g/mol. The van der Waals surface area contributed by atoms with Crippen LogP contribution >= 0.6 is 0 Å². The summed E-state index contributed by atoms with van der Waals surface area (Å²) in [6.07, 6.45) is 1.42. The fourth-order valence-electron chi connectivity index (χ4n) is 0.982. The van der Waals surface area contributed by atoms with Crippen molar-refractivity contribution in [3.05, 3.63) is 6.20 Å². The molecule has 0 fully saturated rings. The lowest BCUT2D eigenvalue weighted by Gasteiger charge is -2.16. The van der Waals surface area contributed by atoms with Gasteiger partial charge >= 0.3 is 0 Å². The standard InChI is InChI=1S/C9H17N5O/c1-6(2)7(3)12-9(15)5-14-11-4-8(10)13-14/h4,6-7H,5H2,1-3H3,(H2,10,13)(H,12,15). The lowest BCUT2D eigenvalue weighted by atomic mass is 10.1. The Balaban J connectivity index is 2.43. The van der Waals surface area contributed by atoms with Crippen LogP contribution in [0.2, 0.25) is 0 Å². The van der Waals surface area contributed by atoms with Gasteiger partial charge in [-0.2, -0.15) is 9.90 Å². The van der Waals surface area contributed by atoms with Crippen LogP contribution in [0.15, 0.2) is 6.20 Å². The molecule has 1 rings (SSSR count). The predicted octanol–water partition coefficient (Wildman–Crippen LogP) is 0.0210. The topological polar surface area (TPSA) is 85.8 Å². The number of hydrogen-bond donors (Lipinski definition) is 2. The summed E-state index contributed by atoms with van der Waals surface area (Å²) >= 11 is 0. The van der Waals surface area contributed by atoms with E-state index in [1.807, 2.05) is 6.92 Å². The molecule has 15 heavy (non-hydrogen) atoms. The van der Waals surface area contributed by atoms with Gasteiger partial charge < -0.3 is 11.1 Å². The van der Waals surface area contributed by atoms with Gasteiger partial charge in [-0.3, -0.25) is 4.79 Å². The van der Waals surface area contributed by atoms with Gasteiger partial charge in [-0.25, -0.2) is 0 Å². The number of nitrogens with two attached hydrogens (primary N) is 1. The Kier molecular flexibility index (Phi) is 3.65. The molecule has 1 aromatic rings. The number of carbonyl (C=O) groups is 1. The van der Waals surface area contributed by atoms with Crippen molar-refractivity contribution in [2.24, 2.45) is 5.92 Å². The molecule has 0 aliphatic carbocycles. The molecule has 0 spiro atoms. The van der Waals surface area contributed by atoms with Crippen molar-refractivity contribution in [2.75, 3.05) is 5.73 Å². The number of rotatable bonds is 4. The van der Waals surface area contributed by atoms with E-state index in [0.717, 1.165) is 0 Å². The van der Waals surface area contributed by atoms with E-state index in [2.05, 4.69) is 29.4 Å². The third kappa shape index (κ3) is 3.57. The van der Waals surface area contributed by atoms with E-state index in [1.165, 1.54) is 11.0 Å².